The van der Waals surface area contributed by atoms with E-state index in [1.54, 1.807) is 6.20 Å². The number of rotatable bonds is 5. The summed E-state index contributed by atoms with van der Waals surface area (Å²) in [4.78, 5) is 28.8. The molecule has 0 atom stereocenters. The van der Waals surface area contributed by atoms with Crippen molar-refractivity contribution in [3.8, 4) is 5.88 Å². The lowest BCUT2D eigenvalue weighted by molar-refractivity contribution is -0.276. The average Bonchev–Trinajstić information content (AvgIpc) is 3.33. The highest BCUT2D eigenvalue weighted by atomic mass is 19.4. The third-order valence-corrected chi connectivity index (χ3v) is 6.60. The Morgan fingerprint density at radius 3 is 2.58 bits per heavy atom. The average molecular weight is 511 g/mol. The van der Waals surface area contributed by atoms with Crippen LogP contribution in [0.15, 0.2) is 24.5 Å². The number of aryl methyl sites for hydroxylation is 1. The number of hydrogen-bond acceptors (Lipinski definition) is 7. The molecule has 14 heteroatoms. The van der Waals surface area contributed by atoms with E-state index in [2.05, 4.69) is 24.8 Å². The molecule has 5 heterocycles. The van der Waals surface area contributed by atoms with Gasteiger partial charge in [0.2, 0.25) is 11.8 Å². The number of fused-ring (bicyclic) bond motifs is 1. The highest BCUT2D eigenvalue weighted by molar-refractivity contribution is 5.97. The minimum absolute atomic E-state index is 0.00848. The maximum absolute atomic E-state index is 12.9. The highest BCUT2D eigenvalue weighted by Gasteiger charge is 2.47. The van der Waals surface area contributed by atoms with E-state index in [1.807, 2.05) is 4.90 Å². The Labute approximate surface area is 201 Å². The summed E-state index contributed by atoms with van der Waals surface area (Å²) in [6.07, 6.45) is -3.23. The van der Waals surface area contributed by atoms with Gasteiger partial charge in [-0.2, -0.15) is 5.10 Å². The fourth-order valence-electron chi connectivity index (χ4n) is 4.83. The van der Waals surface area contributed by atoms with Crippen molar-refractivity contribution in [3.63, 3.8) is 0 Å². The van der Waals surface area contributed by atoms with Gasteiger partial charge in [-0.25, -0.2) is 28.4 Å². The van der Waals surface area contributed by atoms with Crippen LogP contribution >= 0.6 is 0 Å². The molecule has 3 aromatic rings. The zero-order valence-corrected chi connectivity index (χ0v) is 19.2. The van der Waals surface area contributed by atoms with E-state index in [9.17, 15) is 26.7 Å². The van der Waals surface area contributed by atoms with Crippen LogP contribution in [0.4, 0.5) is 33.5 Å². The fraction of sp³-hybridized carbons (Fsp3) is 0.500. The number of amides is 1. The molecule has 1 amide bonds. The lowest BCUT2D eigenvalue weighted by Crippen LogP contribution is -2.42. The molecular formula is C22H22F5N7O2. The maximum Gasteiger partial charge on any atom is 0.574 e. The molecule has 0 saturated carbocycles. The summed E-state index contributed by atoms with van der Waals surface area (Å²) in [5.41, 5.74) is 0.572. The molecule has 0 unspecified atom stereocenters. The van der Waals surface area contributed by atoms with Crippen molar-refractivity contribution in [2.24, 2.45) is 5.41 Å². The van der Waals surface area contributed by atoms with E-state index in [-0.39, 0.29) is 30.2 Å². The molecule has 1 spiro atoms. The third-order valence-electron chi connectivity index (χ3n) is 6.60. The summed E-state index contributed by atoms with van der Waals surface area (Å²) in [5, 5.41) is 3.92. The second kappa shape index (κ2) is 8.82. The molecule has 0 N–H and O–H groups in total. The molecule has 0 aliphatic carbocycles. The summed E-state index contributed by atoms with van der Waals surface area (Å²) in [5.74, 6) is -0.425. The van der Waals surface area contributed by atoms with Crippen LogP contribution in [0, 0.1) is 12.3 Å². The number of piperidine rings is 1. The summed E-state index contributed by atoms with van der Waals surface area (Å²) in [7, 11) is 0. The summed E-state index contributed by atoms with van der Waals surface area (Å²) in [6.45, 7) is 2.22. The van der Waals surface area contributed by atoms with Crippen molar-refractivity contribution in [1.29, 1.82) is 0 Å². The van der Waals surface area contributed by atoms with Crippen molar-refractivity contribution in [2.75, 3.05) is 29.4 Å². The van der Waals surface area contributed by atoms with Gasteiger partial charge < -0.3 is 14.5 Å². The topological polar surface area (TPSA) is 89.3 Å². The van der Waals surface area contributed by atoms with Crippen LogP contribution in [-0.2, 0) is 11.3 Å². The Morgan fingerprint density at radius 1 is 1.14 bits per heavy atom. The molecule has 0 aromatic carbocycles. The number of anilines is 2. The SMILES string of the molecule is Cc1ccc(N2CC3(CCN(c4cnc5cnn(CC(F)F)c5n4)CC3)CC2=O)c(OC(F)(F)F)n1. The fourth-order valence-corrected chi connectivity index (χ4v) is 4.83. The van der Waals surface area contributed by atoms with Crippen LogP contribution in [0.1, 0.15) is 25.0 Å². The molecule has 5 rings (SSSR count). The van der Waals surface area contributed by atoms with Crippen molar-refractivity contribution >= 4 is 28.6 Å². The van der Waals surface area contributed by atoms with E-state index in [0.29, 0.717) is 43.0 Å². The van der Waals surface area contributed by atoms with Gasteiger partial charge in [0.05, 0.1) is 12.4 Å². The van der Waals surface area contributed by atoms with Gasteiger partial charge in [0.15, 0.2) is 5.65 Å². The van der Waals surface area contributed by atoms with E-state index >= 15 is 0 Å². The Kier molecular flexibility index (Phi) is 5.91. The summed E-state index contributed by atoms with van der Waals surface area (Å²) < 4.78 is 69.7. The summed E-state index contributed by atoms with van der Waals surface area (Å²) >= 11 is 0. The lowest BCUT2D eigenvalue weighted by Gasteiger charge is -2.39. The quantitative estimate of drug-likeness (QED) is 0.483. The Morgan fingerprint density at radius 2 is 1.89 bits per heavy atom. The van der Waals surface area contributed by atoms with Gasteiger partial charge in [-0.15, -0.1) is 13.2 Å². The largest absolute Gasteiger partial charge is 0.574 e. The highest BCUT2D eigenvalue weighted by Crippen LogP contribution is 2.45. The first kappa shape index (κ1) is 24.1. The Bertz CT molecular complexity index is 1290. The van der Waals surface area contributed by atoms with Gasteiger partial charge in [0.1, 0.15) is 23.6 Å². The number of carbonyl (C=O) groups excluding carboxylic acids is 1. The van der Waals surface area contributed by atoms with Crippen molar-refractivity contribution in [1.82, 2.24) is 24.7 Å². The summed E-state index contributed by atoms with van der Waals surface area (Å²) in [6, 6.07) is 2.95. The smallest absolute Gasteiger partial charge is 0.386 e. The zero-order valence-electron chi connectivity index (χ0n) is 19.2. The number of nitrogens with zero attached hydrogens (tertiary/aromatic N) is 7. The molecule has 192 valence electrons. The van der Waals surface area contributed by atoms with Gasteiger partial charge in [-0.05, 0) is 31.9 Å². The monoisotopic (exact) mass is 511 g/mol. The van der Waals surface area contributed by atoms with Crippen molar-refractivity contribution < 1.29 is 31.5 Å². The van der Waals surface area contributed by atoms with Gasteiger partial charge >= 0.3 is 6.36 Å². The minimum Gasteiger partial charge on any atom is -0.386 e. The van der Waals surface area contributed by atoms with Crippen LogP contribution < -0.4 is 14.5 Å². The Balaban J connectivity index is 1.32. The first-order chi connectivity index (χ1) is 17.0. The molecular weight excluding hydrogens is 489 g/mol. The lowest BCUT2D eigenvalue weighted by atomic mass is 9.77. The van der Waals surface area contributed by atoms with Gasteiger partial charge in [0, 0.05) is 37.2 Å². The first-order valence-corrected chi connectivity index (χ1v) is 11.3. The van der Waals surface area contributed by atoms with Gasteiger partial charge in [-0.1, -0.05) is 0 Å². The minimum atomic E-state index is -4.94. The van der Waals surface area contributed by atoms with Crippen LogP contribution in [0.3, 0.4) is 0 Å². The van der Waals surface area contributed by atoms with E-state index in [4.69, 9.17) is 0 Å². The molecule has 9 nitrogen and oxygen atoms in total. The number of alkyl halides is 5. The number of halogens is 5. The standard InChI is InChI=1S/C22H22F5N7O2/c1-13-2-3-15(20(30-13)36-22(25,26)27)33-12-21(8-18(33)35)4-6-32(7-5-21)17-10-28-14-9-29-34(11-16(23)24)19(14)31-17/h2-3,9-10,16H,4-8,11-12H2,1H3. The van der Waals surface area contributed by atoms with Crippen molar-refractivity contribution in [2.45, 2.75) is 45.5 Å². The van der Waals surface area contributed by atoms with E-state index < -0.39 is 30.6 Å². The third kappa shape index (κ3) is 4.75. The van der Waals surface area contributed by atoms with Gasteiger partial charge in [-0.3, -0.25) is 4.79 Å². The molecule has 2 aliphatic rings. The predicted octanol–water partition coefficient (Wildman–Crippen LogP) is 3.72. The van der Waals surface area contributed by atoms with Crippen LogP contribution in [-0.4, -0.2) is 63.1 Å². The molecule has 2 fully saturated rings. The number of hydrogen-bond donors (Lipinski definition) is 0. The molecule has 36 heavy (non-hydrogen) atoms. The van der Waals surface area contributed by atoms with Gasteiger partial charge in [0.25, 0.3) is 6.43 Å². The normalized spacial score (nSPS) is 18.1. The van der Waals surface area contributed by atoms with Crippen LogP contribution in [0.25, 0.3) is 11.2 Å². The maximum atomic E-state index is 12.9. The second-order valence-electron chi connectivity index (χ2n) is 9.12. The molecule has 3 aromatic heterocycles. The molecule has 0 bridgehead atoms. The van der Waals surface area contributed by atoms with Crippen molar-refractivity contribution in [3.05, 3.63) is 30.2 Å². The number of carbonyl (C=O) groups is 1. The Hall–Kier alpha value is -3.58. The second-order valence-corrected chi connectivity index (χ2v) is 9.12. The van der Waals surface area contributed by atoms with Crippen LogP contribution in [0.2, 0.25) is 0 Å². The number of ether oxygens (including phenoxy) is 1. The van der Waals surface area contributed by atoms with Crippen LogP contribution in [0.5, 0.6) is 5.88 Å². The number of pyridine rings is 1. The van der Waals surface area contributed by atoms with E-state index in [1.165, 1.54) is 30.2 Å². The molecule has 2 saturated heterocycles. The first-order valence-electron chi connectivity index (χ1n) is 11.3. The zero-order chi connectivity index (χ0) is 25.7. The molecule has 0 radical (unpaired) electrons. The predicted molar refractivity (Wildman–Crippen MR) is 118 cm³/mol. The van der Waals surface area contributed by atoms with E-state index in [0.717, 1.165) is 4.68 Å². The number of aromatic nitrogens is 5. The molecule has 2 aliphatic heterocycles.